The fraction of sp³-hybridized carbons (Fsp3) is 0.526. The quantitative estimate of drug-likeness (QED) is 0.272. The van der Waals surface area contributed by atoms with Crippen molar-refractivity contribution in [2.75, 3.05) is 23.0 Å². The summed E-state index contributed by atoms with van der Waals surface area (Å²) in [6.45, 7) is 1.59. The molecule has 0 saturated carbocycles. The maximum Gasteiger partial charge on any atom is 0.460 e. The molecule has 202 valence electrons. The van der Waals surface area contributed by atoms with Gasteiger partial charge in [0.25, 0.3) is 0 Å². The topological polar surface area (TPSA) is 74.1 Å². The summed E-state index contributed by atoms with van der Waals surface area (Å²) < 4.78 is 129. The van der Waals surface area contributed by atoms with Crippen molar-refractivity contribution in [3.05, 3.63) is 35.9 Å². The summed E-state index contributed by atoms with van der Waals surface area (Å²) in [6.07, 6.45) is -5.36. The summed E-state index contributed by atoms with van der Waals surface area (Å²) in [4.78, 5) is 17.6. The lowest BCUT2D eigenvalue weighted by atomic mass is 10.0. The molecule has 0 saturated heterocycles. The van der Waals surface area contributed by atoms with Crippen molar-refractivity contribution in [2.24, 2.45) is 0 Å². The number of halogens is 10. The molecule has 0 aliphatic carbocycles. The maximum absolute atomic E-state index is 13.6. The number of aromatic nitrogens is 3. The lowest BCUT2D eigenvalue weighted by Gasteiger charge is -2.33. The van der Waals surface area contributed by atoms with Crippen molar-refractivity contribution in [1.82, 2.24) is 14.8 Å². The molecular weight excluding hydrogens is 555 g/mol. The third kappa shape index (κ3) is 6.19. The maximum atomic E-state index is 13.6. The molecule has 17 heteroatoms. The van der Waals surface area contributed by atoms with E-state index in [-0.39, 0.29) is 17.4 Å². The summed E-state index contributed by atoms with van der Waals surface area (Å²) in [6, 6.07) is 3.26. The number of amides is 1. The van der Waals surface area contributed by atoms with E-state index in [9.17, 15) is 48.9 Å². The minimum atomic E-state index is -7.01. The molecule has 2 aromatic rings. The zero-order chi connectivity index (χ0) is 27.5. The van der Waals surface area contributed by atoms with Crippen molar-refractivity contribution in [3.8, 4) is 5.69 Å². The summed E-state index contributed by atoms with van der Waals surface area (Å²) in [7, 11) is 0. The predicted octanol–water partition coefficient (Wildman–Crippen LogP) is 5.27. The first-order valence-electron chi connectivity index (χ1n) is 9.97. The van der Waals surface area contributed by atoms with Crippen molar-refractivity contribution in [1.29, 1.82) is 0 Å². The van der Waals surface area contributed by atoms with Gasteiger partial charge in [-0.15, -0.1) is 0 Å². The number of anilines is 1. The van der Waals surface area contributed by atoms with Crippen molar-refractivity contribution in [3.63, 3.8) is 0 Å². The second-order valence-corrected chi connectivity index (χ2v) is 9.35. The Morgan fingerprint density at radius 2 is 1.75 bits per heavy atom. The van der Waals surface area contributed by atoms with E-state index >= 15 is 0 Å². The molecule has 1 atom stereocenters. The molecule has 0 aromatic carbocycles. The fourth-order valence-electron chi connectivity index (χ4n) is 2.87. The zero-order valence-corrected chi connectivity index (χ0v) is 19.8. The van der Waals surface area contributed by atoms with Gasteiger partial charge >= 0.3 is 23.9 Å². The van der Waals surface area contributed by atoms with E-state index in [0.29, 0.717) is 5.69 Å². The molecule has 0 N–H and O–H groups in total. The Hall–Kier alpha value is -2.20. The standard InChI is InChI=1S/C19H18ClF9N4O2S/c1-2-32(13-11-33(31-15(13)20)12-4-3-7-30-10-12)14(34)5-8-36(35)9-6-16(21,22)17(23,24)18(25,26)19(27,28)29/h3-4,7,10-11H,2,5-6,8-9H2,1H3. The summed E-state index contributed by atoms with van der Waals surface area (Å²) >= 11 is 3.66. The molecular formula is C19H18ClF9N4O2S. The molecule has 2 heterocycles. The van der Waals surface area contributed by atoms with Crippen LogP contribution in [0.25, 0.3) is 5.69 Å². The minimum absolute atomic E-state index is 0.0424. The number of hydrogen-bond donors (Lipinski definition) is 0. The minimum Gasteiger partial charge on any atom is -0.616 e. The summed E-state index contributed by atoms with van der Waals surface area (Å²) in [5.74, 6) is -22.3. The molecule has 2 rings (SSSR count). The van der Waals surface area contributed by atoms with Crippen LogP contribution in [0.5, 0.6) is 0 Å². The van der Waals surface area contributed by atoms with Gasteiger partial charge < -0.3 is 9.45 Å². The van der Waals surface area contributed by atoms with Crippen molar-refractivity contribution >= 4 is 34.4 Å². The number of rotatable bonds is 11. The molecule has 2 aromatic heterocycles. The number of nitrogens with zero attached hydrogens (tertiary/aromatic N) is 4. The fourth-order valence-corrected chi connectivity index (χ4v) is 4.19. The van der Waals surface area contributed by atoms with Crippen LogP contribution < -0.4 is 4.90 Å². The molecule has 0 spiro atoms. The van der Waals surface area contributed by atoms with E-state index in [1.54, 1.807) is 19.1 Å². The van der Waals surface area contributed by atoms with Crippen LogP contribution in [0.2, 0.25) is 5.15 Å². The zero-order valence-electron chi connectivity index (χ0n) is 18.2. The van der Waals surface area contributed by atoms with Gasteiger partial charge in [0.1, 0.15) is 17.2 Å². The predicted molar refractivity (Wildman–Crippen MR) is 112 cm³/mol. The molecule has 0 radical (unpaired) electrons. The highest BCUT2D eigenvalue weighted by Gasteiger charge is 2.81. The van der Waals surface area contributed by atoms with Gasteiger partial charge in [0, 0.05) is 12.7 Å². The summed E-state index contributed by atoms with van der Waals surface area (Å²) in [5.41, 5.74) is 0.642. The molecule has 0 fully saturated rings. The van der Waals surface area contributed by atoms with Gasteiger partial charge in [-0.3, -0.25) is 9.78 Å². The van der Waals surface area contributed by atoms with Crippen molar-refractivity contribution < 1.29 is 48.9 Å². The van der Waals surface area contributed by atoms with Gasteiger partial charge in [0.2, 0.25) is 5.91 Å². The Morgan fingerprint density at radius 3 is 2.28 bits per heavy atom. The van der Waals surface area contributed by atoms with Crippen LogP contribution in [0.3, 0.4) is 0 Å². The third-order valence-electron chi connectivity index (χ3n) is 4.87. The van der Waals surface area contributed by atoms with Crippen LogP contribution in [0.4, 0.5) is 45.2 Å². The van der Waals surface area contributed by atoms with Crippen LogP contribution in [0, 0.1) is 0 Å². The first-order chi connectivity index (χ1) is 16.5. The Bertz CT molecular complexity index is 1040. The SMILES string of the molecule is CCN(C(=O)CC[S+]([O-])CCC(F)(F)C(F)(F)C(F)(F)C(F)(F)F)c1cn(-c2cccnc2)nc1Cl. The van der Waals surface area contributed by atoms with Gasteiger partial charge in [-0.1, -0.05) is 22.8 Å². The Balaban J connectivity index is 2.01. The average Bonchev–Trinajstić information content (AvgIpc) is 3.17. The Kier molecular flexibility index (Phi) is 9.21. The highest BCUT2D eigenvalue weighted by molar-refractivity contribution is 7.91. The monoisotopic (exact) mass is 572 g/mol. The molecule has 36 heavy (non-hydrogen) atoms. The van der Waals surface area contributed by atoms with Gasteiger partial charge in [-0.05, 0) is 19.1 Å². The number of hydrogen-bond acceptors (Lipinski definition) is 4. The molecule has 0 aliphatic heterocycles. The normalized spacial score (nSPS) is 14.1. The van der Waals surface area contributed by atoms with E-state index < -0.39 is 65.4 Å². The third-order valence-corrected chi connectivity index (χ3v) is 6.46. The summed E-state index contributed by atoms with van der Waals surface area (Å²) in [5, 5.41) is 3.94. The Morgan fingerprint density at radius 1 is 1.11 bits per heavy atom. The van der Waals surface area contributed by atoms with Crippen LogP contribution in [-0.4, -0.2) is 67.2 Å². The lowest BCUT2D eigenvalue weighted by Crippen LogP contribution is -2.61. The highest BCUT2D eigenvalue weighted by Crippen LogP contribution is 2.54. The average molecular weight is 573 g/mol. The number of alkyl halides is 9. The smallest absolute Gasteiger partial charge is 0.460 e. The first kappa shape index (κ1) is 30.0. The van der Waals surface area contributed by atoms with E-state index in [4.69, 9.17) is 11.6 Å². The Labute approximate surface area is 206 Å². The van der Waals surface area contributed by atoms with E-state index in [1.165, 1.54) is 23.3 Å². The van der Waals surface area contributed by atoms with Gasteiger partial charge in [0.05, 0.1) is 30.9 Å². The van der Waals surface area contributed by atoms with Crippen LogP contribution in [0.1, 0.15) is 19.8 Å². The molecule has 1 unspecified atom stereocenters. The van der Waals surface area contributed by atoms with Crippen LogP contribution in [0.15, 0.2) is 30.7 Å². The van der Waals surface area contributed by atoms with Gasteiger partial charge in [0.15, 0.2) is 5.15 Å². The molecule has 1 amide bonds. The van der Waals surface area contributed by atoms with Crippen LogP contribution in [-0.2, 0) is 16.0 Å². The highest BCUT2D eigenvalue weighted by atomic mass is 35.5. The van der Waals surface area contributed by atoms with E-state index in [0.717, 1.165) is 4.90 Å². The van der Waals surface area contributed by atoms with Crippen molar-refractivity contribution in [2.45, 2.75) is 43.7 Å². The lowest BCUT2D eigenvalue weighted by molar-refractivity contribution is -0.396. The molecule has 0 bridgehead atoms. The molecule has 6 nitrogen and oxygen atoms in total. The van der Waals surface area contributed by atoms with Gasteiger partial charge in [-0.25, -0.2) is 4.68 Å². The number of carbonyl (C=O) groups is 1. The van der Waals surface area contributed by atoms with Gasteiger partial charge in [-0.2, -0.15) is 44.6 Å². The number of pyridine rings is 1. The largest absolute Gasteiger partial charge is 0.616 e. The van der Waals surface area contributed by atoms with E-state index in [1.807, 2.05) is 0 Å². The first-order valence-corrected chi connectivity index (χ1v) is 11.8. The van der Waals surface area contributed by atoms with E-state index in [2.05, 4.69) is 10.1 Å². The number of carbonyl (C=O) groups excluding carboxylic acids is 1. The molecule has 0 aliphatic rings. The second kappa shape index (κ2) is 11.0. The second-order valence-electron chi connectivity index (χ2n) is 7.30. The van der Waals surface area contributed by atoms with Crippen LogP contribution >= 0.6 is 11.6 Å².